The Labute approximate surface area is 258 Å². The minimum atomic E-state index is -1.83. The third-order valence-corrected chi connectivity index (χ3v) is 9.02. The second-order valence-corrected chi connectivity index (χ2v) is 12.3. The maximum Gasteiger partial charge on any atom is 0.257 e. The van der Waals surface area contributed by atoms with Crippen LogP contribution in [0.3, 0.4) is 0 Å². The van der Waals surface area contributed by atoms with E-state index in [2.05, 4.69) is 15.3 Å². The van der Waals surface area contributed by atoms with Gasteiger partial charge in [0, 0.05) is 42.1 Å². The molecule has 12 heteroatoms. The standard InChI is InChI=1S/C31H31Cl2FN4O5/c1-30(41,19-8-10-42-11-9-19)21-12-24-27(25(34)13-21)31(20-4-6-22(32)7-5-20,43-17-37-28(39)18-2-3-18)38(29(24)40)16-26-35-14-23(33)15-36-26/h4-7,12-15,18-19,41H,2-3,8-11,16-17H2,1H3,(H,37,39)/t30?,31-/m1/s1. The van der Waals surface area contributed by atoms with Crippen LogP contribution in [-0.4, -0.2) is 51.7 Å². The summed E-state index contributed by atoms with van der Waals surface area (Å²) in [5.41, 5.74) is -2.58. The van der Waals surface area contributed by atoms with E-state index in [1.807, 2.05) is 0 Å². The SMILES string of the molecule is CC(O)(c1cc(F)c2c(c1)C(=O)N(Cc1ncc(Cl)cn1)[C@@]2(OCNC(=O)C1CC1)c1ccc(Cl)cc1)C1CCOCC1. The molecule has 3 heterocycles. The third kappa shape index (κ3) is 5.62. The molecule has 0 spiro atoms. The highest BCUT2D eigenvalue weighted by Crippen LogP contribution is 2.49. The molecule has 6 rings (SSSR count). The number of carbonyl (C=O) groups is 2. The monoisotopic (exact) mass is 628 g/mol. The first kappa shape index (κ1) is 29.9. The van der Waals surface area contributed by atoms with E-state index in [1.54, 1.807) is 31.2 Å². The van der Waals surface area contributed by atoms with Gasteiger partial charge in [0.1, 0.15) is 18.4 Å². The van der Waals surface area contributed by atoms with Crippen LogP contribution in [0.25, 0.3) is 0 Å². The minimum Gasteiger partial charge on any atom is -0.385 e. The Kier molecular flexibility index (Phi) is 8.16. The van der Waals surface area contributed by atoms with E-state index in [0.29, 0.717) is 41.7 Å². The maximum atomic E-state index is 16.6. The molecule has 1 unspecified atom stereocenters. The topological polar surface area (TPSA) is 114 Å². The van der Waals surface area contributed by atoms with Crippen LogP contribution in [0.4, 0.5) is 4.39 Å². The van der Waals surface area contributed by atoms with Crippen LogP contribution in [0, 0.1) is 17.7 Å². The summed E-state index contributed by atoms with van der Waals surface area (Å²) in [7, 11) is 0. The molecule has 1 saturated heterocycles. The zero-order valence-corrected chi connectivity index (χ0v) is 25.0. The highest BCUT2D eigenvalue weighted by atomic mass is 35.5. The lowest BCUT2D eigenvalue weighted by Gasteiger charge is -2.39. The molecular weight excluding hydrogens is 598 g/mol. The van der Waals surface area contributed by atoms with Crippen molar-refractivity contribution in [3.05, 3.63) is 92.7 Å². The summed E-state index contributed by atoms with van der Waals surface area (Å²) in [4.78, 5) is 36.7. The van der Waals surface area contributed by atoms with Gasteiger partial charge in [-0.15, -0.1) is 0 Å². The lowest BCUT2D eigenvalue weighted by atomic mass is 9.77. The summed E-state index contributed by atoms with van der Waals surface area (Å²) in [6.45, 7) is 2.14. The third-order valence-electron chi connectivity index (χ3n) is 8.57. The number of halogens is 3. The van der Waals surface area contributed by atoms with Crippen LogP contribution in [-0.2, 0) is 32.1 Å². The Morgan fingerprint density at radius 3 is 2.47 bits per heavy atom. The molecule has 2 aromatic carbocycles. The number of hydrogen-bond acceptors (Lipinski definition) is 7. The van der Waals surface area contributed by atoms with Crippen molar-refractivity contribution in [2.24, 2.45) is 11.8 Å². The number of aliphatic hydroxyl groups is 1. The predicted molar refractivity (Wildman–Crippen MR) is 155 cm³/mol. The van der Waals surface area contributed by atoms with Gasteiger partial charge in [-0.25, -0.2) is 14.4 Å². The number of ether oxygens (including phenoxy) is 2. The van der Waals surface area contributed by atoms with Crippen LogP contribution >= 0.6 is 23.2 Å². The van der Waals surface area contributed by atoms with Crippen molar-refractivity contribution in [2.45, 2.75) is 50.5 Å². The van der Waals surface area contributed by atoms with Crippen molar-refractivity contribution >= 4 is 35.0 Å². The van der Waals surface area contributed by atoms with Gasteiger partial charge in [0.05, 0.1) is 28.3 Å². The Bertz CT molecular complexity index is 1530. The first-order valence-corrected chi connectivity index (χ1v) is 15.0. The van der Waals surface area contributed by atoms with Crippen LogP contribution in [0.2, 0.25) is 10.0 Å². The van der Waals surface area contributed by atoms with Crippen molar-refractivity contribution in [2.75, 3.05) is 19.9 Å². The van der Waals surface area contributed by atoms with Crippen molar-refractivity contribution in [1.29, 1.82) is 0 Å². The Hall–Kier alpha value is -3.15. The van der Waals surface area contributed by atoms with Crippen molar-refractivity contribution < 1.29 is 28.6 Å². The molecule has 2 atom stereocenters. The summed E-state index contributed by atoms with van der Waals surface area (Å²) >= 11 is 12.2. The molecule has 1 aromatic heterocycles. The Balaban J connectivity index is 1.49. The van der Waals surface area contributed by atoms with E-state index in [0.717, 1.165) is 12.8 Å². The van der Waals surface area contributed by atoms with Crippen LogP contribution < -0.4 is 5.32 Å². The van der Waals surface area contributed by atoms with Crippen molar-refractivity contribution in [1.82, 2.24) is 20.2 Å². The fourth-order valence-corrected chi connectivity index (χ4v) is 6.21. The number of nitrogens with zero attached hydrogens (tertiary/aromatic N) is 3. The van der Waals surface area contributed by atoms with E-state index in [4.69, 9.17) is 32.7 Å². The number of carbonyl (C=O) groups excluding carboxylic acids is 2. The molecule has 9 nitrogen and oxygen atoms in total. The zero-order valence-electron chi connectivity index (χ0n) is 23.5. The first-order chi connectivity index (χ1) is 20.6. The number of rotatable bonds is 9. The zero-order chi connectivity index (χ0) is 30.4. The smallest absolute Gasteiger partial charge is 0.257 e. The summed E-state index contributed by atoms with van der Waals surface area (Å²) < 4.78 is 28.5. The highest BCUT2D eigenvalue weighted by Gasteiger charge is 2.55. The second kappa shape index (κ2) is 11.7. The Morgan fingerprint density at radius 1 is 1.14 bits per heavy atom. The number of nitrogens with one attached hydrogen (secondary N) is 1. The van der Waals surface area contributed by atoms with Crippen molar-refractivity contribution in [3.8, 4) is 0 Å². The minimum absolute atomic E-state index is 0.0276. The molecule has 3 aromatic rings. The lowest BCUT2D eigenvalue weighted by Crippen LogP contribution is -2.49. The molecule has 226 valence electrons. The van der Waals surface area contributed by atoms with E-state index in [1.165, 1.54) is 29.4 Å². The molecule has 2 fully saturated rings. The molecule has 0 radical (unpaired) electrons. The van der Waals surface area contributed by atoms with Crippen LogP contribution in [0.5, 0.6) is 0 Å². The molecule has 1 saturated carbocycles. The van der Waals surface area contributed by atoms with Gasteiger partial charge in [0.25, 0.3) is 5.91 Å². The number of amides is 2. The lowest BCUT2D eigenvalue weighted by molar-refractivity contribution is -0.137. The van der Waals surface area contributed by atoms with Gasteiger partial charge in [-0.2, -0.15) is 0 Å². The number of aromatic nitrogens is 2. The fourth-order valence-electron chi connectivity index (χ4n) is 5.99. The van der Waals surface area contributed by atoms with Gasteiger partial charge in [-0.05, 0) is 68.4 Å². The maximum absolute atomic E-state index is 16.6. The Morgan fingerprint density at radius 2 is 1.81 bits per heavy atom. The first-order valence-electron chi connectivity index (χ1n) is 14.2. The normalized spacial score (nSPS) is 21.9. The van der Waals surface area contributed by atoms with E-state index in [9.17, 15) is 14.7 Å². The van der Waals surface area contributed by atoms with Gasteiger partial charge in [0.15, 0.2) is 0 Å². The van der Waals surface area contributed by atoms with Gasteiger partial charge in [-0.1, -0.05) is 35.3 Å². The summed E-state index contributed by atoms with van der Waals surface area (Å²) in [5, 5.41) is 15.2. The van der Waals surface area contributed by atoms with Crippen LogP contribution in [0.15, 0.2) is 48.8 Å². The highest BCUT2D eigenvalue weighted by molar-refractivity contribution is 6.30. The summed E-state index contributed by atoms with van der Waals surface area (Å²) in [6, 6.07) is 9.33. The molecule has 2 amide bonds. The molecule has 43 heavy (non-hydrogen) atoms. The largest absolute Gasteiger partial charge is 0.385 e. The van der Waals surface area contributed by atoms with Gasteiger partial charge >= 0.3 is 0 Å². The van der Waals surface area contributed by atoms with Gasteiger partial charge in [0.2, 0.25) is 11.6 Å². The number of hydrogen-bond donors (Lipinski definition) is 2. The number of benzene rings is 2. The molecular formula is C31H31Cl2FN4O5. The van der Waals surface area contributed by atoms with E-state index in [-0.39, 0.29) is 53.5 Å². The van der Waals surface area contributed by atoms with Crippen molar-refractivity contribution in [3.63, 3.8) is 0 Å². The molecule has 3 aliphatic rings. The fraction of sp³-hybridized carbons (Fsp3) is 0.419. The molecule has 2 aliphatic heterocycles. The molecule has 2 N–H and O–H groups in total. The van der Waals surface area contributed by atoms with Gasteiger partial charge < -0.3 is 19.9 Å². The quantitative estimate of drug-likeness (QED) is 0.324. The van der Waals surface area contributed by atoms with Gasteiger partial charge in [-0.3, -0.25) is 14.5 Å². The van der Waals surface area contributed by atoms with E-state index >= 15 is 4.39 Å². The van der Waals surface area contributed by atoms with E-state index < -0.39 is 23.1 Å². The predicted octanol–water partition coefficient (Wildman–Crippen LogP) is 4.91. The molecule has 0 bridgehead atoms. The van der Waals surface area contributed by atoms with Crippen LogP contribution in [0.1, 0.15) is 65.5 Å². The summed E-state index contributed by atoms with van der Waals surface area (Å²) in [5.74, 6) is -1.51. The average Bonchev–Trinajstić information content (AvgIpc) is 3.83. The molecule has 1 aliphatic carbocycles. The average molecular weight is 630 g/mol. The number of fused-ring (bicyclic) bond motifs is 1. The second-order valence-electron chi connectivity index (χ2n) is 11.4. The summed E-state index contributed by atoms with van der Waals surface area (Å²) in [6.07, 6.45) is 5.58.